The molecule has 0 radical (unpaired) electrons. The topological polar surface area (TPSA) is 87.2 Å². The van der Waals surface area contributed by atoms with Crippen molar-refractivity contribution in [2.24, 2.45) is 5.73 Å². The van der Waals surface area contributed by atoms with Crippen molar-refractivity contribution in [3.8, 4) is 0 Å². The Kier molecular flexibility index (Phi) is 4.50. The van der Waals surface area contributed by atoms with Gasteiger partial charge in [-0.2, -0.15) is 5.10 Å². The van der Waals surface area contributed by atoms with Crippen LogP contribution in [-0.2, 0) is 16.1 Å². The second-order valence-electron chi connectivity index (χ2n) is 3.34. The van der Waals surface area contributed by atoms with Crippen molar-refractivity contribution in [3.05, 3.63) is 18.0 Å². The van der Waals surface area contributed by atoms with E-state index >= 15 is 0 Å². The zero-order chi connectivity index (χ0) is 12.0. The van der Waals surface area contributed by atoms with Crippen LogP contribution in [0.25, 0.3) is 0 Å². The van der Waals surface area contributed by atoms with Crippen LogP contribution in [-0.4, -0.2) is 28.3 Å². The quantitative estimate of drug-likeness (QED) is 0.558. The van der Waals surface area contributed by atoms with Gasteiger partial charge >= 0.3 is 5.97 Å². The molecule has 0 aliphatic carbocycles. The van der Waals surface area contributed by atoms with Crippen molar-refractivity contribution in [2.45, 2.75) is 26.3 Å². The fraction of sp³-hybridized carbons (Fsp3) is 0.500. The summed E-state index contributed by atoms with van der Waals surface area (Å²) in [5.41, 5.74) is 5.17. The molecule has 0 unspecified atom stereocenters. The Balaban J connectivity index is 2.40. The Morgan fingerprint density at radius 3 is 2.88 bits per heavy atom. The van der Waals surface area contributed by atoms with E-state index in [-0.39, 0.29) is 18.2 Å². The Morgan fingerprint density at radius 1 is 1.56 bits per heavy atom. The van der Waals surface area contributed by atoms with Crippen molar-refractivity contribution < 1.29 is 14.3 Å². The summed E-state index contributed by atoms with van der Waals surface area (Å²) in [6, 6.07) is 1.46. The molecule has 1 rings (SSSR count). The summed E-state index contributed by atoms with van der Waals surface area (Å²) < 4.78 is 6.27. The molecule has 6 nitrogen and oxygen atoms in total. The number of nitrogens with zero attached hydrogens (tertiary/aromatic N) is 2. The number of hydrogen-bond donors (Lipinski definition) is 1. The van der Waals surface area contributed by atoms with Gasteiger partial charge in [0.1, 0.15) is 12.2 Å². The van der Waals surface area contributed by atoms with Crippen LogP contribution in [0.2, 0.25) is 0 Å². The summed E-state index contributed by atoms with van der Waals surface area (Å²) in [7, 11) is 0. The average molecular weight is 225 g/mol. The molecule has 1 amide bonds. The van der Waals surface area contributed by atoms with E-state index in [4.69, 9.17) is 10.5 Å². The number of hydrogen-bond acceptors (Lipinski definition) is 4. The lowest BCUT2D eigenvalue weighted by Gasteiger charge is -2.03. The molecule has 0 saturated heterocycles. The highest BCUT2D eigenvalue weighted by atomic mass is 16.5. The first-order valence-electron chi connectivity index (χ1n) is 5.12. The van der Waals surface area contributed by atoms with Crippen molar-refractivity contribution in [1.29, 1.82) is 0 Å². The highest BCUT2D eigenvalue weighted by molar-refractivity contribution is 5.90. The maximum Gasteiger partial charge on any atom is 0.327 e. The summed E-state index contributed by atoms with van der Waals surface area (Å²) in [5.74, 6) is -0.981. The van der Waals surface area contributed by atoms with Gasteiger partial charge in [0, 0.05) is 6.20 Å². The molecule has 6 heteroatoms. The number of rotatable bonds is 6. The minimum atomic E-state index is -0.613. The lowest BCUT2D eigenvalue weighted by molar-refractivity contribution is -0.144. The predicted octanol–water partition coefficient (Wildman–Crippen LogP) is 0.325. The largest absolute Gasteiger partial charge is 0.464 e. The van der Waals surface area contributed by atoms with Gasteiger partial charge in [-0.25, -0.2) is 0 Å². The zero-order valence-electron chi connectivity index (χ0n) is 9.18. The number of carbonyl (C=O) groups excluding carboxylic acids is 2. The lowest BCUT2D eigenvalue weighted by Crippen LogP contribution is -2.16. The van der Waals surface area contributed by atoms with Gasteiger partial charge in [0.15, 0.2) is 0 Å². The maximum absolute atomic E-state index is 11.3. The summed E-state index contributed by atoms with van der Waals surface area (Å²) in [6.45, 7) is 2.43. The van der Waals surface area contributed by atoms with E-state index in [1.165, 1.54) is 16.9 Å². The highest BCUT2D eigenvalue weighted by Crippen LogP contribution is 1.96. The Labute approximate surface area is 93.4 Å². The second-order valence-corrected chi connectivity index (χ2v) is 3.34. The van der Waals surface area contributed by atoms with Crippen LogP contribution >= 0.6 is 0 Å². The normalized spacial score (nSPS) is 10.1. The fourth-order valence-electron chi connectivity index (χ4n) is 1.09. The van der Waals surface area contributed by atoms with Gasteiger partial charge in [0.2, 0.25) is 0 Å². The van der Waals surface area contributed by atoms with Crippen LogP contribution in [0.4, 0.5) is 0 Å². The van der Waals surface area contributed by atoms with E-state index in [1.807, 2.05) is 6.92 Å². The van der Waals surface area contributed by atoms with Gasteiger partial charge in [-0.1, -0.05) is 13.3 Å². The summed E-state index contributed by atoms with van der Waals surface area (Å²) >= 11 is 0. The van der Waals surface area contributed by atoms with Gasteiger partial charge in [-0.15, -0.1) is 0 Å². The molecule has 0 fully saturated rings. The van der Waals surface area contributed by atoms with Crippen LogP contribution in [0.3, 0.4) is 0 Å². The number of nitrogens with two attached hydrogens (primary N) is 1. The van der Waals surface area contributed by atoms with E-state index in [0.717, 1.165) is 12.8 Å². The molecule has 0 aliphatic rings. The predicted molar refractivity (Wildman–Crippen MR) is 56.6 cm³/mol. The molecule has 0 atom stereocenters. The number of unbranched alkanes of at least 4 members (excludes halogenated alkanes) is 1. The first-order valence-corrected chi connectivity index (χ1v) is 5.12. The van der Waals surface area contributed by atoms with E-state index in [2.05, 4.69) is 5.10 Å². The van der Waals surface area contributed by atoms with E-state index in [0.29, 0.717) is 6.61 Å². The number of esters is 1. The third-order valence-corrected chi connectivity index (χ3v) is 1.95. The molecule has 2 N–H and O–H groups in total. The van der Waals surface area contributed by atoms with Crippen LogP contribution in [0.5, 0.6) is 0 Å². The first kappa shape index (κ1) is 12.2. The third kappa shape index (κ3) is 3.72. The van der Waals surface area contributed by atoms with E-state index < -0.39 is 5.91 Å². The monoisotopic (exact) mass is 225 g/mol. The number of primary amides is 1. The van der Waals surface area contributed by atoms with Gasteiger partial charge < -0.3 is 10.5 Å². The molecule has 88 valence electrons. The SMILES string of the molecule is CCCCOC(=O)Cn1ccc(C(N)=O)n1. The lowest BCUT2D eigenvalue weighted by atomic mass is 10.4. The maximum atomic E-state index is 11.3. The molecule has 0 spiro atoms. The van der Waals surface area contributed by atoms with Crippen molar-refractivity contribution in [2.75, 3.05) is 6.61 Å². The molecule has 0 aromatic carbocycles. The Bertz CT molecular complexity index is 373. The van der Waals surface area contributed by atoms with Gasteiger partial charge in [0.25, 0.3) is 5.91 Å². The van der Waals surface area contributed by atoms with Crippen LogP contribution in [0.1, 0.15) is 30.3 Å². The Hall–Kier alpha value is -1.85. The number of aromatic nitrogens is 2. The van der Waals surface area contributed by atoms with Crippen LogP contribution in [0.15, 0.2) is 12.3 Å². The Morgan fingerprint density at radius 2 is 2.31 bits per heavy atom. The molecular weight excluding hydrogens is 210 g/mol. The van der Waals surface area contributed by atoms with Crippen molar-refractivity contribution in [1.82, 2.24) is 9.78 Å². The minimum absolute atomic E-state index is 0.00298. The zero-order valence-corrected chi connectivity index (χ0v) is 9.18. The van der Waals surface area contributed by atoms with E-state index in [9.17, 15) is 9.59 Å². The summed E-state index contributed by atoms with van der Waals surface area (Å²) in [5, 5.41) is 3.82. The summed E-state index contributed by atoms with van der Waals surface area (Å²) in [4.78, 5) is 22.0. The fourth-order valence-corrected chi connectivity index (χ4v) is 1.09. The third-order valence-electron chi connectivity index (χ3n) is 1.95. The molecular formula is C10H15N3O3. The smallest absolute Gasteiger partial charge is 0.327 e. The molecule has 1 aromatic rings. The molecule has 0 saturated carbocycles. The molecule has 0 aliphatic heterocycles. The van der Waals surface area contributed by atoms with Gasteiger partial charge in [0.05, 0.1) is 6.61 Å². The molecule has 0 bridgehead atoms. The molecule has 1 heterocycles. The highest BCUT2D eigenvalue weighted by Gasteiger charge is 2.08. The van der Waals surface area contributed by atoms with Crippen molar-refractivity contribution in [3.63, 3.8) is 0 Å². The van der Waals surface area contributed by atoms with E-state index in [1.54, 1.807) is 0 Å². The van der Waals surface area contributed by atoms with Crippen LogP contribution < -0.4 is 5.73 Å². The second kappa shape index (κ2) is 5.89. The summed E-state index contributed by atoms with van der Waals surface area (Å²) in [6.07, 6.45) is 3.33. The van der Waals surface area contributed by atoms with Gasteiger partial charge in [-0.3, -0.25) is 14.3 Å². The standard InChI is InChI=1S/C10H15N3O3/c1-2-3-6-16-9(14)7-13-5-4-8(12-13)10(11)15/h4-5H,2-3,6-7H2,1H3,(H2,11,15). The molecule has 1 aromatic heterocycles. The van der Waals surface area contributed by atoms with Gasteiger partial charge in [-0.05, 0) is 12.5 Å². The average Bonchev–Trinajstić information content (AvgIpc) is 2.66. The minimum Gasteiger partial charge on any atom is -0.464 e. The number of carbonyl (C=O) groups is 2. The van der Waals surface area contributed by atoms with Crippen molar-refractivity contribution >= 4 is 11.9 Å². The number of amides is 1. The number of ether oxygens (including phenoxy) is 1. The van der Waals surface area contributed by atoms with Crippen LogP contribution in [0, 0.1) is 0 Å². The molecule has 16 heavy (non-hydrogen) atoms. The first-order chi connectivity index (χ1) is 7.63.